The number of anilines is 1. The zero-order chi connectivity index (χ0) is 17.5. The third kappa shape index (κ3) is 5.09. The first-order chi connectivity index (χ1) is 12.2. The summed E-state index contributed by atoms with van der Waals surface area (Å²) in [6, 6.07) is 20.0. The topological polar surface area (TPSA) is 96.7 Å². The first-order valence-corrected chi connectivity index (χ1v) is 8.88. The van der Waals surface area contributed by atoms with E-state index in [1.807, 2.05) is 48.5 Å². The Morgan fingerprint density at radius 3 is 2.44 bits per heavy atom. The summed E-state index contributed by atoms with van der Waals surface area (Å²) in [6.45, 7) is 0. The zero-order valence-corrected chi connectivity index (χ0v) is 14.4. The van der Waals surface area contributed by atoms with Crippen molar-refractivity contribution in [1.29, 1.82) is 0 Å². The number of aromatic nitrogens is 3. The number of rotatable bonds is 7. The highest BCUT2D eigenvalue weighted by molar-refractivity contribution is 7.99. The Morgan fingerprint density at radius 1 is 1.12 bits per heavy atom. The molecule has 0 saturated heterocycles. The van der Waals surface area contributed by atoms with Gasteiger partial charge in [-0.05, 0) is 17.5 Å². The van der Waals surface area contributed by atoms with Crippen LogP contribution in [0.3, 0.4) is 0 Å². The minimum atomic E-state index is -0.0890. The molecular weight excluding hydrogens is 334 g/mol. The molecule has 0 radical (unpaired) electrons. The Morgan fingerprint density at radius 2 is 1.80 bits per heavy atom. The van der Waals surface area contributed by atoms with Crippen molar-refractivity contribution in [2.24, 2.45) is 0 Å². The van der Waals surface area contributed by atoms with E-state index in [0.29, 0.717) is 5.16 Å². The first-order valence-electron chi connectivity index (χ1n) is 7.89. The van der Waals surface area contributed by atoms with E-state index in [-0.39, 0.29) is 23.7 Å². The molecule has 0 fully saturated rings. The van der Waals surface area contributed by atoms with Crippen molar-refractivity contribution >= 4 is 23.6 Å². The number of carbonyl (C=O) groups is 1. The van der Waals surface area contributed by atoms with Gasteiger partial charge in [0.2, 0.25) is 17.0 Å². The van der Waals surface area contributed by atoms with Crippen molar-refractivity contribution in [3.8, 4) is 0 Å². The highest BCUT2D eigenvalue weighted by Gasteiger charge is 2.16. The molecule has 0 aliphatic heterocycles. The van der Waals surface area contributed by atoms with Gasteiger partial charge in [-0.15, -0.1) is 5.10 Å². The lowest BCUT2D eigenvalue weighted by atomic mass is 9.99. The predicted molar refractivity (Wildman–Crippen MR) is 99.0 cm³/mol. The van der Waals surface area contributed by atoms with Crippen LogP contribution in [0.5, 0.6) is 0 Å². The monoisotopic (exact) mass is 353 g/mol. The van der Waals surface area contributed by atoms with Crippen molar-refractivity contribution in [1.82, 2.24) is 20.5 Å². The van der Waals surface area contributed by atoms with Crippen molar-refractivity contribution in [2.45, 2.75) is 17.6 Å². The number of H-pyrrole nitrogens is 1. The summed E-state index contributed by atoms with van der Waals surface area (Å²) < 4.78 is 0. The Hall–Kier alpha value is -2.80. The van der Waals surface area contributed by atoms with Crippen LogP contribution in [0.2, 0.25) is 0 Å². The molecule has 3 rings (SSSR count). The van der Waals surface area contributed by atoms with E-state index in [4.69, 9.17) is 5.73 Å². The predicted octanol–water partition coefficient (Wildman–Crippen LogP) is 2.58. The number of aromatic amines is 1. The van der Waals surface area contributed by atoms with Crippen LogP contribution in [0, 0.1) is 0 Å². The number of carbonyl (C=O) groups excluding carboxylic acids is 1. The molecule has 25 heavy (non-hydrogen) atoms. The van der Waals surface area contributed by atoms with Crippen LogP contribution in [0.4, 0.5) is 5.95 Å². The van der Waals surface area contributed by atoms with Crippen LogP contribution in [0.15, 0.2) is 65.8 Å². The van der Waals surface area contributed by atoms with Gasteiger partial charge in [0.25, 0.3) is 0 Å². The first kappa shape index (κ1) is 17.0. The number of nitrogen functional groups attached to an aromatic ring is 1. The lowest BCUT2D eigenvalue weighted by Crippen LogP contribution is -2.31. The Balaban J connectivity index is 1.65. The van der Waals surface area contributed by atoms with Crippen LogP contribution in [-0.4, -0.2) is 26.8 Å². The van der Waals surface area contributed by atoms with Gasteiger partial charge in [-0.1, -0.05) is 72.4 Å². The smallest absolute Gasteiger partial charge is 0.230 e. The molecule has 0 unspecified atom stereocenters. The molecule has 3 aromatic rings. The fourth-order valence-electron chi connectivity index (χ4n) is 2.48. The minimum absolute atomic E-state index is 0.0712. The van der Waals surface area contributed by atoms with E-state index in [0.717, 1.165) is 12.0 Å². The highest BCUT2D eigenvalue weighted by Crippen LogP contribution is 2.19. The van der Waals surface area contributed by atoms with Crippen molar-refractivity contribution in [3.63, 3.8) is 0 Å². The maximum atomic E-state index is 12.4. The molecule has 7 heteroatoms. The fourth-order valence-corrected chi connectivity index (χ4v) is 3.09. The maximum absolute atomic E-state index is 12.4. The molecule has 0 spiro atoms. The molecule has 1 aromatic heterocycles. The Labute approximate surface area is 150 Å². The molecule has 1 amide bonds. The van der Waals surface area contributed by atoms with Crippen LogP contribution < -0.4 is 11.1 Å². The summed E-state index contributed by atoms with van der Waals surface area (Å²) in [5, 5.41) is 10.0. The largest absolute Gasteiger partial charge is 0.368 e. The van der Waals surface area contributed by atoms with Crippen LogP contribution in [0.1, 0.15) is 17.2 Å². The van der Waals surface area contributed by atoms with E-state index in [2.05, 4.69) is 32.6 Å². The summed E-state index contributed by atoms with van der Waals surface area (Å²) in [5.41, 5.74) is 7.73. The van der Waals surface area contributed by atoms with Gasteiger partial charge in [0, 0.05) is 0 Å². The number of nitrogens with two attached hydrogens (primary N) is 1. The molecule has 6 nitrogen and oxygen atoms in total. The average Bonchev–Trinajstić information content (AvgIpc) is 3.06. The fraction of sp³-hybridized carbons (Fsp3) is 0.167. The normalized spacial score (nSPS) is 11.8. The van der Waals surface area contributed by atoms with Gasteiger partial charge >= 0.3 is 0 Å². The molecule has 0 saturated carbocycles. The van der Waals surface area contributed by atoms with E-state index in [1.54, 1.807) is 0 Å². The second-order valence-corrected chi connectivity index (χ2v) is 6.45. The number of hydrogen-bond acceptors (Lipinski definition) is 5. The van der Waals surface area contributed by atoms with E-state index in [1.165, 1.54) is 17.3 Å². The average molecular weight is 353 g/mol. The van der Waals surface area contributed by atoms with Crippen molar-refractivity contribution in [3.05, 3.63) is 71.8 Å². The van der Waals surface area contributed by atoms with Crippen LogP contribution >= 0.6 is 11.8 Å². The number of nitrogens with one attached hydrogen (secondary N) is 2. The molecule has 1 heterocycles. The SMILES string of the molecule is Nc1nc(SCC(=O)N[C@@H](Cc2ccccc2)c2ccccc2)n[nH]1. The molecule has 128 valence electrons. The van der Waals surface area contributed by atoms with Crippen molar-refractivity contribution in [2.75, 3.05) is 11.5 Å². The summed E-state index contributed by atoms with van der Waals surface area (Å²) in [5.74, 6) is 0.405. The number of benzene rings is 2. The Kier molecular flexibility index (Phi) is 5.69. The zero-order valence-electron chi connectivity index (χ0n) is 13.6. The molecular formula is C18H19N5OS. The minimum Gasteiger partial charge on any atom is -0.368 e. The number of thioether (sulfide) groups is 1. The molecule has 2 aromatic carbocycles. The third-order valence-electron chi connectivity index (χ3n) is 3.63. The van der Waals surface area contributed by atoms with E-state index in [9.17, 15) is 4.79 Å². The standard InChI is InChI=1S/C18H19N5OS/c19-17-21-18(23-22-17)25-12-16(24)20-15(14-9-5-2-6-10-14)11-13-7-3-1-4-8-13/h1-10,15H,11-12H2,(H,20,24)(H3,19,21,22,23)/t15-/m0/s1. The number of hydrogen-bond donors (Lipinski definition) is 3. The lowest BCUT2D eigenvalue weighted by molar-refractivity contribution is -0.119. The number of amides is 1. The second-order valence-electron chi connectivity index (χ2n) is 5.51. The third-order valence-corrected chi connectivity index (χ3v) is 4.48. The van der Waals surface area contributed by atoms with Gasteiger partial charge in [-0.3, -0.25) is 4.79 Å². The van der Waals surface area contributed by atoms with Gasteiger partial charge in [0.15, 0.2) is 0 Å². The van der Waals surface area contributed by atoms with E-state index < -0.39 is 0 Å². The summed E-state index contributed by atoms with van der Waals surface area (Å²) >= 11 is 1.25. The molecule has 1 atom stereocenters. The lowest BCUT2D eigenvalue weighted by Gasteiger charge is -2.19. The summed E-state index contributed by atoms with van der Waals surface area (Å²) in [7, 11) is 0. The van der Waals surface area contributed by atoms with E-state index >= 15 is 0 Å². The van der Waals surface area contributed by atoms with Gasteiger partial charge in [0.05, 0.1) is 11.8 Å². The van der Waals surface area contributed by atoms with Crippen molar-refractivity contribution < 1.29 is 4.79 Å². The van der Waals surface area contributed by atoms with Crippen LogP contribution in [0.25, 0.3) is 0 Å². The molecule has 4 N–H and O–H groups in total. The summed E-state index contributed by atoms with van der Waals surface area (Å²) in [6.07, 6.45) is 0.731. The molecule has 0 bridgehead atoms. The molecule has 0 aliphatic carbocycles. The Bertz CT molecular complexity index is 807. The van der Waals surface area contributed by atoms with Crippen LogP contribution in [-0.2, 0) is 11.2 Å². The highest BCUT2D eigenvalue weighted by atomic mass is 32.2. The van der Waals surface area contributed by atoms with Gasteiger partial charge in [-0.25, -0.2) is 5.10 Å². The van der Waals surface area contributed by atoms with Gasteiger partial charge in [0.1, 0.15) is 0 Å². The quantitative estimate of drug-likeness (QED) is 0.567. The molecule has 0 aliphatic rings. The summed E-state index contributed by atoms with van der Waals surface area (Å²) in [4.78, 5) is 16.3. The van der Waals surface area contributed by atoms with Gasteiger partial charge < -0.3 is 11.1 Å². The second kappa shape index (κ2) is 8.34. The number of nitrogens with zero attached hydrogens (tertiary/aromatic N) is 2. The van der Waals surface area contributed by atoms with Gasteiger partial charge in [-0.2, -0.15) is 4.98 Å². The maximum Gasteiger partial charge on any atom is 0.230 e.